The van der Waals surface area contributed by atoms with E-state index in [1.807, 2.05) is 0 Å². The van der Waals surface area contributed by atoms with Crippen LogP contribution < -0.4 is 0 Å². The highest BCUT2D eigenvalue weighted by atomic mass is 16.6. The van der Waals surface area contributed by atoms with E-state index in [2.05, 4.69) is 32.9 Å². The van der Waals surface area contributed by atoms with Gasteiger partial charge in [0.05, 0.1) is 0 Å². The Morgan fingerprint density at radius 3 is 0.650 bits per heavy atom. The first-order chi connectivity index (χ1) is 39.5. The number of rotatable bonds is 69. The third kappa shape index (κ3) is 66.9. The van der Waals surface area contributed by atoms with E-state index in [0.717, 1.165) is 64.2 Å². The molecule has 80 heavy (non-hydrogen) atoms. The number of unbranched alkanes of at least 4 members (excludes halogenated alkanes) is 56. The van der Waals surface area contributed by atoms with Gasteiger partial charge in [-0.25, -0.2) is 0 Å². The monoisotopic (exact) mass is 1130 g/mol. The minimum atomic E-state index is -0.770. The lowest BCUT2D eigenvalue weighted by Gasteiger charge is -2.18. The number of allylic oxidation sites excluding steroid dienone is 2. The summed E-state index contributed by atoms with van der Waals surface area (Å²) in [5.41, 5.74) is 0. The molecule has 0 saturated carbocycles. The zero-order chi connectivity index (χ0) is 57.8. The van der Waals surface area contributed by atoms with Crippen molar-refractivity contribution in [3.8, 4) is 0 Å². The molecule has 0 heterocycles. The van der Waals surface area contributed by atoms with Crippen molar-refractivity contribution in [2.45, 2.75) is 431 Å². The summed E-state index contributed by atoms with van der Waals surface area (Å²) >= 11 is 0. The van der Waals surface area contributed by atoms with Gasteiger partial charge in [0, 0.05) is 19.3 Å². The molecule has 6 nitrogen and oxygen atoms in total. The molecule has 0 aliphatic rings. The zero-order valence-electron chi connectivity index (χ0n) is 54.6. The van der Waals surface area contributed by atoms with Crippen LogP contribution in [0.25, 0.3) is 0 Å². The second-order valence-electron chi connectivity index (χ2n) is 25.2. The Morgan fingerprint density at radius 1 is 0.237 bits per heavy atom. The number of carbonyl (C=O) groups excluding carboxylic acids is 3. The van der Waals surface area contributed by atoms with Crippen LogP contribution in [0.1, 0.15) is 425 Å². The average molecular weight is 1130 g/mol. The molecule has 0 aromatic heterocycles. The van der Waals surface area contributed by atoms with Crippen molar-refractivity contribution >= 4 is 17.9 Å². The van der Waals surface area contributed by atoms with Crippen molar-refractivity contribution in [3.63, 3.8) is 0 Å². The molecular formula is C74H142O6. The van der Waals surface area contributed by atoms with Crippen LogP contribution in [0.3, 0.4) is 0 Å². The molecule has 1 atom stereocenters. The summed E-state index contributed by atoms with van der Waals surface area (Å²) in [5, 5.41) is 0. The predicted octanol–water partition coefficient (Wildman–Crippen LogP) is 25.2. The number of ether oxygens (including phenoxy) is 3. The standard InChI is InChI=1S/C74H142O6/c1-4-7-10-13-16-19-22-25-27-29-31-33-34-35-36-37-38-39-40-42-43-45-47-49-52-55-58-61-64-67-73(76)79-70-71(69-78-72(75)66-63-60-57-54-51-24-21-18-15-12-9-6-3)80-74(77)68-65-62-59-56-53-50-48-46-44-41-32-30-28-26-23-20-17-14-11-8-5-2/h18,21,71H,4-17,19-20,22-70H2,1-3H3/b21-18-. The van der Waals surface area contributed by atoms with Crippen LogP contribution in [0, 0.1) is 0 Å². The third-order valence-corrected chi connectivity index (χ3v) is 17.0. The van der Waals surface area contributed by atoms with E-state index in [1.54, 1.807) is 0 Å². The first kappa shape index (κ1) is 78.1. The van der Waals surface area contributed by atoms with Crippen LogP contribution in [0.4, 0.5) is 0 Å². The lowest BCUT2D eigenvalue weighted by Crippen LogP contribution is -2.30. The maximum Gasteiger partial charge on any atom is 0.306 e. The van der Waals surface area contributed by atoms with Gasteiger partial charge in [-0.3, -0.25) is 14.4 Å². The van der Waals surface area contributed by atoms with Crippen molar-refractivity contribution in [1.29, 1.82) is 0 Å². The van der Waals surface area contributed by atoms with Crippen molar-refractivity contribution in [3.05, 3.63) is 12.2 Å². The minimum absolute atomic E-state index is 0.0657. The smallest absolute Gasteiger partial charge is 0.306 e. The fourth-order valence-corrected chi connectivity index (χ4v) is 11.5. The normalized spacial score (nSPS) is 12.0. The Kier molecular flexibility index (Phi) is 68.0. The van der Waals surface area contributed by atoms with Crippen molar-refractivity contribution in [1.82, 2.24) is 0 Å². The summed E-state index contributed by atoms with van der Waals surface area (Å²) < 4.78 is 17.0. The molecule has 0 radical (unpaired) electrons. The highest BCUT2D eigenvalue weighted by molar-refractivity contribution is 5.71. The molecule has 1 unspecified atom stereocenters. The van der Waals surface area contributed by atoms with Gasteiger partial charge >= 0.3 is 17.9 Å². The van der Waals surface area contributed by atoms with Crippen molar-refractivity contribution < 1.29 is 28.6 Å². The summed E-state index contributed by atoms with van der Waals surface area (Å²) in [7, 11) is 0. The molecule has 0 rings (SSSR count). The van der Waals surface area contributed by atoms with Gasteiger partial charge in [0.25, 0.3) is 0 Å². The molecular weight excluding hydrogens is 985 g/mol. The second-order valence-corrected chi connectivity index (χ2v) is 25.2. The summed E-state index contributed by atoms with van der Waals surface area (Å²) in [6, 6.07) is 0. The number of carbonyl (C=O) groups is 3. The molecule has 0 spiro atoms. The average Bonchev–Trinajstić information content (AvgIpc) is 3.46. The lowest BCUT2D eigenvalue weighted by atomic mass is 10.0. The molecule has 0 fully saturated rings. The highest BCUT2D eigenvalue weighted by Gasteiger charge is 2.20. The van der Waals surface area contributed by atoms with Crippen LogP contribution in [-0.2, 0) is 28.6 Å². The molecule has 0 bridgehead atoms. The maximum absolute atomic E-state index is 12.9. The van der Waals surface area contributed by atoms with Crippen molar-refractivity contribution in [2.75, 3.05) is 13.2 Å². The molecule has 0 N–H and O–H groups in total. The third-order valence-electron chi connectivity index (χ3n) is 17.0. The summed E-state index contributed by atoms with van der Waals surface area (Å²) in [4.78, 5) is 38.4. The molecule has 0 saturated heterocycles. The SMILES string of the molecule is CCCCC/C=C\CCCCCCCC(=O)OCC(COC(=O)CCCCCCCCCCCCCCCCCCCCCCCCCCCCCCC)OC(=O)CCCCCCCCCCCCCCCCCCCCCCC. The molecule has 0 amide bonds. The van der Waals surface area contributed by atoms with E-state index in [4.69, 9.17) is 14.2 Å². The Morgan fingerprint density at radius 2 is 0.412 bits per heavy atom. The fourth-order valence-electron chi connectivity index (χ4n) is 11.5. The van der Waals surface area contributed by atoms with E-state index in [9.17, 15) is 14.4 Å². The first-order valence-corrected chi connectivity index (χ1v) is 36.7. The van der Waals surface area contributed by atoms with E-state index < -0.39 is 6.10 Å². The van der Waals surface area contributed by atoms with E-state index in [1.165, 1.54) is 321 Å². The molecule has 6 heteroatoms. The van der Waals surface area contributed by atoms with E-state index in [-0.39, 0.29) is 31.1 Å². The van der Waals surface area contributed by atoms with Gasteiger partial charge in [-0.2, -0.15) is 0 Å². The largest absolute Gasteiger partial charge is 0.462 e. The molecule has 0 aromatic carbocycles. The Labute approximate surface area is 501 Å². The molecule has 0 aliphatic heterocycles. The van der Waals surface area contributed by atoms with Gasteiger partial charge in [-0.15, -0.1) is 0 Å². The minimum Gasteiger partial charge on any atom is -0.462 e. The summed E-state index contributed by atoms with van der Waals surface area (Å²) in [6.07, 6.45) is 84.1. The lowest BCUT2D eigenvalue weighted by molar-refractivity contribution is -0.167. The Bertz CT molecular complexity index is 1250. The van der Waals surface area contributed by atoms with Gasteiger partial charge in [0.2, 0.25) is 0 Å². The number of esters is 3. The van der Waals surface area contributed by atoms with Gasteiger partial charge in [-0.1, -0.05) is 373 Å². The number of hydrogen-bond donors (Lipinski definition) is 0. The van der Waals surface area contributed by atoms with Gasteiger partial charge in [0.1, 0.15) is 13.2 Å². The second kappa shape index (κ2) is 69.6. The van der Waals surface area contributed by atoms with E-state index in [0.29, 0.717) is 19.3 Å². The highest BCUT2D eigenvalue weighted by Crippen LogP contribution is 2.20. The fraction of sp³-hybridized carbons (Fsp3) is 0.932. The Balaban J connectivity index is 4.13. The first-order valence-electron chi connectivity index (χ1n) is 36.7. The summed E-state index contributed by atoms with van der Waals surface area (Å²) in [5.74, 6) is -0.840. The van der Waals surface area contributed by atoms with Gasteiger partial charge in [0.15, 0.2) is 6.10 Å². The van der Waals surface area contributed by atoms with Crippen LogP contribution in [0.2, 0.25) is 0 Å². The van der Waals surface area contributed by atoms with Crippen LogP contribution in [0.15, 0.2) is 12.2 Å². The van der Waals surface area contributed by atoms with E-state index >= 15 is 0 Å². The van der Waals surface area contributed by atoms with Crippen molar-refractivity contribution in [2.24, 2.45) is 0 Å². The molecule has 0 aromatic rings. The van der Waals surface area contributed by atoms with Crippen LogP contribution in [0.5, 0.6) is 0 Å². The topological polar surface area (TPSA) is 78.9 Å². The molecule has 474 valence electrons. The quantitative estimate of drug-likeness (QED) is 0.0261. The molecule has 0 aliphatic carbocycles. The zero-order valence-corrected chi connectivity index (χ0v) is 54.6. The maximum atomic E-state index is 12.9. The van der Waals surface area contributed by atoms with Gasteiger partial charge < -0.3 is 14.2 Å². The predicted molar refractivity (Wildman–Crippen MR) is 349 cm³/mol. The van der Waals surface area contributed by atoms with Crippen LogP contribution >= 0.6 is 0 Å². The van der Waals surface area contributed by atoms with Gasteiger partial charge in [-0.05, 0) is 44.9 Å². The summed E-state index contributed by atoms with van der Waals surface area (Å²) in [6.45, 7) is 6.70. The number of hydrogen-bond acceptors (Lipinski definition) is 6. The Hall–Kier alpha value is -1.85. The van der Waals surface area contributed by atoms with Crippen LogP contribution in [-0.4, -0.2) is 37.2 Å².